The second kappa shape index (κ2) is 5.30. The van der Waals surface area contributed by atoms with E-state index in [1.54, 1.807) is 19.1 Å². The van der Waals surface area contributed by atoms with Gasteiger partial charge in [-0.05, 0) is 36.8 Å². The summed E-state index contributed by atoms with van der Waals surface area (Å²) in [5, 5.41) is 9.46. The molecule has 2 rings (SSSR count). The maximum atomic E-state index is 13.0. The first-order chi connectivity index (χ1) is 9.31. The lowest BCUT2D eigenvalue weighted by atomic mass is 10.2. The summed E-state index contributed by atoms with van der Waals surface area (Å²) in [6.07, 6.45) is 0. The fourth-order valence-corrected chi connectivity index (χ4v) is 3.35. The molecular weight excluding hydrogens is 305 g/mol. The average molecular weight is 316 g/mol. The quantitative estimate of drug-likeness (QED) is 0.854. The van der Waals surface area contributed by atoms with Gasteiger partial charge in [-0.2, -0.15) is 0 Å². The molecule has 0 amide bonds. The summed E-state index contributed by atoms with van der Waals surface area (Å²) in [5.74, 6) is -0.834. The minimum Gasteiger partial charge on any atom is -0.506 e. The first-order valence-corrected chi connectivity index (χ1v) is 7.44. The van der Waals surface area contributed by atoms with Crippen molar-refractivity contribution in [2.45, 2.75) is 11.8 Å². The van der Waals surface area contributed by atoms with Crippen molar-refractivity contribution in [1.29, 1.82) is 0 Å². The Morgan fingerprint density at radius 3 is 2.55 bits per heavy atom. The van der Waals surface area contributed by atoms with Crippen LogP contribution < -0.4 is 4.72 Å². The lowest BCUT2D eigenvalue weighted by molar-refractivity contribution is 0.477. The van der Waals surface area contributed by atoms with Crippen LogP contribution in [0.5, 0.6) is 5.75 Å². The van der Waals surface area contributed by atoms with Crippen LogP contribution in [-0.4, -0.2) is 13.5 Å². The molecule has 0 aliphatic heterocycles. The molecule has 20 heavy (non-hydrogen) atoms. The van der Waals surface area contributed by atoms with Gasteiger partial charge in [0.05, 0.1) is 10.7 Å². The Kier molecular flexibility index (Phi) is 3.87. The molecule has 0 saturated heterocycles. The first-order valence-electron chi connectivity index (χ1n) is 5.58. The lowest BCUT2D eigenvalue weighted by Crippen LogP contribution is -2.14. The van der Waals surface area contributed by atoms with E-state index in [2.05, 4.69) is 4.72 Å². The fourth-order valence-electron chi connectivity index (χ4n) is 1.67. The Labute approximate surface area is 120 Å². The van der Waals surface area contributed by atoms with Crippen LogP contribution in [0, 0.1) is 12.7 Å². The van der Waals surface area contributed by atoms with E-state index in [1.165, 1.54) is 6.07 Å². The van der Waals surface area contributed by atoms with E-state index in [1.807, 2.05) is 0 Å². The molecule has 2 N–H and O–H groups in total. The highest BCUT2D eigenvalue weighted by Gasteiger charge is 2.20. The van der Waals surface area contributed by atoms with Crippen LogP contribution in [0.25, 0.3) is 0 Å². The number of phenols is 1. The van der Waals surface area contributed by atoms with Crippen molar-refractivity contribution in [3.63, 3.8) is 0 Å². The summed E-state index contributed by atoms with van der Waals surface area (Å²) in [6, 6.07) is 7.57. The van der Waals surface area contributed by atoms with Crippen molar-refractivity contribution in [2.75, 3.05) is 4.72 Å². The number of nitrogens with one attached hydrogen (secondary N) is 1. The maximum Gasteiger partial charge on any atom is 0.263 e. The third-order valence-electron chi connectivity index (χ3n) is 2.67. The minimum atomic E-state index is -4.01. The fraction of sp³-hybridized carbons (Fsp3) is 0.0769. The molecule has 0 spiro atoms. The van der Waals surface area contributed by atoms with Crippen molar-refractivity contribution in [1.82, 2.24) is 0 Å². The minimum absolute atomic E-state index is 0.0629. The number of hydrogen-bond acceptors (Lipinski definition) is 3. The van der Waals surface area contributed by atoms with Gasteiger partial charge < -0.3 is 5.11 Å². The topological polar surface area (TPSA) is 66.4 Å². The lowest BCUT2D eigenvalue weighted by Gasteiger charge is -2.12. The second-order valence-electron chi connectivity index (χ2n) is 4.15. The van der Waals surface area contributed by atoms with Crippen LogP contribution in [0.4, 0.5) is 10.1 Å². The molecule has 0 radical (unpaired) electrons. The van der Waals surface area contributed by atoms with Gasteiger partial charge in [0.2, 0.25) is 0 Å². The van der Waals surface area contributed by atoms with E-state index < -0.39 is 15.8 Å². The third-order valence-corrected chi connectivity index (χ3v) is 4.50. The zero-order valence-corrected chi connectivity index (χ0v) is 12.0. The molecule has 0 aromatic heterocycles. The van der Waals surface area contributed by atoms with Gasteiger partial charge in [0.1, 0.15) is 16.5 Å². The average Bonchev–Trinajstić information content (AvgIpc) is 2.33. The number of hydrogen-bond donors (Lipinski definition) is 2. The molecule has 7 heteroatoms. The zero-order chi connectivity index (χ0) is 14.9. The number of aryl methyl sites for hydroxylation is 1. The SMILES string of the molecule is Cc1cccc(O)c1NS(=O)(=O)c1ccc(F)cc1Cl. The Bertz CT molecular complexity index is 742. The van der Waals surface area contributed by atoms with Crippen LogP contribution in [0.1, 0.15) is 5.56 Å². The molecule has 0 bridgehead atoms. The third kappa shape index (κ3) is 2.86. The Morgan fingerprint density at radius 1 is 1.25 bits per heavy atom. The van der Waals surface area contributed by atoms with E-state index in [0.29, 0.717) is 5.56 Å². The molecule has 0 saturated carbocycles. The van der Waals surface area contributed by atoms with Crippen molar-refractivity contribution < 1.29 is 17.9 Å². The summed E-state index contributed by atoms with van der Waals surface area (Å²) in [4.78, 5) is -0.261. The van der Waals surface area contributed by atoms with Crippen LogP contribution in [0.2, 0.25) is 5.02 Å². The van der Waals surface area contributed by atoms with Gasteiger partial charge in [-0.15, -0.1) is 0 Å². The van der Waals surface area contributed by atoms with Crippen LogP contribution in [-0.2, 0) is 10.0 Å². The number of sulfonamides is 1. The van der Waals surface area contributed by atoms with Crippen LogP contribution >= 0.6 is 11.6 Å². The van der Waals surface area contributed by atoms with E-state index in [-0.39, 0.29) is 21.4 Å². The van der Waals surface area contributed by atoms with E-state index in [4.69, 9.17) is 11.6 Å². The standard InChI is InChI=1S/C13H11ClFNO3S/c1-8-3-2-4-11(17)13(8)16-20(18,19)12-6-5-9(15)7-10(12)14/h2-7,16-17H,1H3. The summed E-state index contributed by atoms with van der Waals surface area (Å²) in [5.41, 5.74) is 0.611. The van der Waals surface area contributed by atoms with Crippen LogP contribution in [0.15, 0.2) is 41.3 Å². The van der Waals surface area contributed by atoms with Crippen LogP contribution in [0.3, 0.4) is 0 Å². The first kappa shape index (κ1) is 14.6. The summed E-state index contributed by atoms with van der Waals surface area (Å²) in [6.45, 7) is 1.64. The molecule has 0 atom stereocenters. The van der Waals surface area contributed by atoms with Gasteiger partial charge in [0, 0.05) is 0 Å². The largest absolute Gasteiger partial charge is 0.506 e. The van der Waals surface area contributed by atoms with Crippen molar-refractivity contribution in [3.05, 3.63) is 52.8 Å². The number of phenolic OH excluding ortho intramolecular Hbond substituents is 1. The Hall–Kier alpha value is -1.79. The summed E-state index contributed by atoms with van der Waals surface area (Å²) >= 11 is 5.74. The van der Waals surface area contributed by atoms with E-state index >= 15 is 0 Å². The molecule has 2 aromatic carbocycles. The highest BCUT2D eigenvalue weighted by atomic mass is 35.5. The number of anilines is 1. The second-order valence-corrected chi connectivity index (χ2v) is 6.21. The number of aromatic hydroxyl groups is 1. The molecule has 2 aromatic rings. The normalized spacial score (nSPS) is 11.3. The molecule has 0 heterocycles. The monoisotopic (exact) mass is 315 g/mol. The van der Waals surface area contributed by atoms with Crippen molar-refractivity contribution in [3.8, 4) is 5.75 Å². The zero-order valence-electron chi connectivity index (χ0n) is 10.4. The van der Waals surface area contributed by atoms with Crippen molar-refractivity contribution >= 4 is 27.3 Å². The Morgan fingerprint density at radius 2 is 1.95 bits per heavy atom. The smallest absolute Gasteiger partial charge is 0.263 e. The molecule has 0 unspecified atom stereocenters. The van der Waals surface area contributed by atoms with Gasteiger partial charge >= 0.3 is 0 Å². The predicted molar refractivity (Wildman–Crippen MR) is 75.1 cm³/mol. The van der Waals surface area contributed by atoms with E-state index in [0.717, 1.165) is 18.2 Å². The Balaban J connectivity index is 2.46. The van der Waals surface area contributed by atoms with Gasteiger partial charge in [-0.3, -0.25) is 4.72 Å². The highest BCUT2D eigenvalue weighted by molar-refractivity contribution is 7.92. The predicted octanol–water partition coefficient (Wildman–Crippen LogP) is 3.29. The maximum absolute atomic E-state index is 13.0. The summed E-state index contributed by atoms with van der Waals surface area (Å²) < 4.78 is 39.6. The number of para-hydroxylation sites is 1. The van der Waals surface area contributed by atoms with Gasteiger partial charge in [0.25, 0.3) is 10.0 Å². The highest BCUT2D eigenvalue weighted by Crippen LogP contribution is 2.31. The molecule has 106 valence electrons. The van der Waals surface area contributed by atoms with Gasteiger partial charge in [-0.1, -0.05) is 23.7 Å². The molecule has 0 aliphatic carbocycles. The molecule has 4 nitrogen and oxygen atoms in total. The molecule has 0 fully saturated rings. The van der Waals surface area contributed by atoms with Crippen molar-refractivity contribution in [2.24, 2.45) is 0 Å². The summed E-state index contributed by atoms with van der Waals surface area (Å²) in [7, 11) is -4.01. The van der Waals surface area contributed by atoms with Gasteiger partial charge in [-0.25, -0.2) is 12.8 Å². The number of rotatable bonds is 3. The van der Waals surface area contributed by atoms with E-state index in [9.17, 15) is 17.9 Å². The van der Waals surface area contributed by atoms with Gasteiger partial charge in [0.15, 0.2) is 0 Å². The number of benzene rings is 2. The molecule has 0 aliphatic rings. The molecular formula is C13H11ClFNO3S. The number of halogens is 2.